The number of aliphatic hydroxyl groups is 2. The molecule has 0 aliphatic heterocycles. The van der Waals surface area contributed by atoms with Crippen molar-refractivity contribution < 1.29 is 49.8 Å². The molecule has 0 amide bonds. The maximum absolute atomic E-state index is 10.4. The van der Waals surface area contributed by atoms with Crippen molar-refractivity contribution in [2.24, 2.45) is 0 Å². The molecule has 0 aliphatic rings. The molecule has 0 aromatic rings. The van der Waals surface area contributed by atoms with E-state index in [9.17, 15) is 49.8 Å². The quantitative estimate of drug-likeness (QED) is 0.200. The Morgan fingerprint density at radius 2 is 0.968 bits per heavy atom. The van der Waals surface area contributed by atoms with Crippen molar-refractivity contribution in [3.8, 4) is 0 Å². The van der Waals surface area contributed by atoms with E-state index in [2.05, 4.69) is 6.92 Å². The predicted molar refractivity (Wildman–Crippen MR) is 108 cm³/mol. The van der Waals surface area contributed by atoms with Gasteiger partial charge in [0.15, 0.2) is 0 Å². The minimum absolute atomic E-state index is 0.125. The van der Waals surface area contributed by atoms with Crippen LogP contribution in [0.25, 0.3) is 0 Å². The molecule has 2 unspecified atom stereocenters. The molecule has 0 heterocycles. The fourth-order valence-electron chi connectivity index (χ4n) is 2.29. The Kier molecular flexibility index (Phi) is 21.3. The summed E-state index contributed by atoms with van der Waals surface area (Å²) in [6.45, 7) is 5.85. The Bertz CT molecular complexity index is 494. The van der Waals surface area contributed by atoms with Crippen LogP contribution in [0.3, 0.4) is 0 Å². The van der Waals surface area contributed by atoms with Crippen molar-refractivity contribution >= 4 is 46.4 Å². The first-order valence-corrected chi connectivity index (χ1v) is 14.6. The maximum atomic E-state index is 10.4. The number of hydrogen-bond acceptors (Lipinski definition) is 10. The van der Waals surface area contributed by atoms with Gasteiger partial charge >= 0.3 is 46.7 Å². The molecule has 0 aromatic carbocycles. The Hall–Kier alpha value is -1.40. The van der Waals surface area contributed by atoms with Crippen molar-refractivity contribution in [3.63, 3.8) is 0 Å². The molecule has 180 valence electrons. The van der Waals surface area contributed by atoms with Gasteiger partial charge in [-0.15, -0.1) is 0 Å². The standard InChI is InChI=1S/2C8H14O5.C4H9.Sn.3H/c2*1-2-3-4-8(13,7(11)12)5-6(9)10;1-3-4-2;;;;/h2*13H,2-5H2,1H3,(H,9,10)(H,11,12);1,3-4H2,2H3;;;;/q;;;+4;;;/p-4. The van der Waals surface area contributed by atoms with Gasteiger partial charge in [-0.1, -0.05) is 39.5 Å². The Labute approximate surface area is 196 Å². The van der Waals surface area contributed by atoms with Gasteiger partial charge in [0.2, 0.25) is 0 Å². The Morgan fingerprint density at radius 1 is 0.677 bits per heavy atom. The molecule has 2 atom stereocenters. The SMILES string of the molecule is CCCCC(O)(CC(=O)[O-])C(=O)[O-].CCCCC(O)(CC(=O)[O-])C(=O)[O-].CCC[CH2][SnH3+4]. The van der Waals surface area contributed by atoms with E-state index in [0.717, 1.165) is 22.5 Å². The molecule has 0 aromatic heterocycles. The zero-order valence-electron chi connectivity index (χ0n) is 18.9. The van der Waals surface area contributed by atoms with Gasteiger partial charge in [-0.25, -0.2) is 0 Å². The molecule has 4 radical (unpaired) electrons. The summed E-state index contributed by atoms with van der Waals surface area (Å²) in [7, 11) is 0. The molecule has 2 N–H and O–H groups in total. The van der Waals surface area contributed by atoms with E-state index >= 15 is 0 Å². The van der Waals surface area contributed by atoms with E-state index in [1.165, 1.54) is 12.8 Å². The van der Waals surface area contributed by atoms with E-state index in [1.54, 1.807) is 18.3 Å². The van der Waals surface area contributed by atoms with Crippen LogP contribution in [0, 0.1) is 0 Å². The zero-order valence-corrected chi connectivity index (χ0v) is 24.6. The molecule has 0 bridgehead atoms. The molecule has 0 saturated carbocycles. The summed E-state index contributed by atoms with van der Waals surface area (Å²) in [6, 6.07) is 0. The number of rotatable bonds is 14. The molecule has 0 spiro atoms. The first-order valence-electron chi connectivity index (χ1n) is 10.5. The topological polar surface area (TPSA) is 201 Å². The van der Waals surface area contributed by atoms with Crippen LogP contribution in [-0.4, -0.2) is 67.8 Å². The molecule has 0 saturated heterocycles. The summed E-state index contributed by atoms with van der Waals surface area (Å²) in [4.78, 5) is 41.1. The second kappa shape index (κ2) is 19.3. The number of carbonyl (C=O) groups excluding carboxylic acids is 4. The summed E-state index contributed by atoms with van der Waals surface area (Å²) >= 11 is 0.982. The first kappa shape index (κ1) is 34.2. The van der Waals surface area contributed by atoms with Crippen LogP contribution in [-0.2, 0) is 19.2 Å². The average molecular weight is 555 g/mol. The Morgan fingerprint density at radius 3 is 1.10 bits per heavy atom. The molecule has 0 fully saturated rings. The van der Waals surface area contributed by atoms with Gasteiger partial charge < -0.3 is 49.8 Å². The Balaban J connectivity index is -0.000000416. The van der Waals surface area contributed by atoms with Crippen molar-refractivity contribution in [3.05, 3.63) is 0 Å². The van der Waals surface area contributed by atoms with E-state index in [-0.39, 0.29) is 12.8 Å². The van der Waals surface area contributed by atoms with Gasteiger partial charge in [-0.05, 0) is 12.8 Å². The van der Waals surface area contributed by atoms with Gasteiger partial charge in [0.05, 0.1) is 11.9 Å². The van der Waals surface area contributed by atoms with Crippen LogP contribution >= 0.6 is 0 Å². The van der Waals surface area contributed by atoms with Crippen LogP contribution in [0.15, 0.2) is 0 Å². The fourth-order valence-corrected chi connectivity index (χ4v) is 4.31. The summed E-state index contributed by atoms with van der Waals surface area (Å²) in [5, 5.41) is 59.7. The van der Waals surface area contributed by atoms with Crippen molar-refractivity contribution in [2.75, 3.05) is 0 Å². The zero-order chi connectivity index (χ0) is 25.1. The minimum atomic E-state index is -2.28. The summed E-state index contributed by atoms with van der Waals surface area (Å²) < 4.78 is 1.55. The number of aliphatic carboxylic acids is 4. The third-order valence-electron chi connectivity index (χ3n) is 4.23. The van der Waals surface area contributed by atoms with Gasteiger partial charge in [0.1, 0.15) is 11.2 Å². The second-order valence-corrected chi connectivity index (χ2v) is 10.2. The van der Waals surface area contributed by atoms with E-state index in [4.69, 9.17) is 0 Å². The van der Waals surface area contributed by atoms with Crippen LogP contribution < -0.4 is 20.4 Å². The fraction of sp³-hybridized carbons (Fsp3) is 0.800. The van der Waals surface area contributed by atoms with Crippen molar-refractivity contribution in [1.82, 2.24) is 0 Å². The van der Waals surface area contributed by atoms with E-state index in [0.29, 0.717) is 25.7 Å². The number of carboxylic acid groups (broad SMARTS) is 4. The molecule has 0 aliphatic carbocycles. The molecular weight excluding hydrogens is 519 g/mol. The molecule has 11 heteroatoms. The summed E-state index contributed by atoms with van der Waals surface area (Å²) in [5.74, 6) is -6.71. The van der Waals surface area contributed by atoms with Gasteiger partial charge in [-0.2, -0.15) is 0 Å². The molecular formula is C20H36O10Sn. The number of unbranched alkanes of at least 4 members (excludes halogenated alkanes) is 3. The van der Waals surface area contributed by atoms with Gasteiger partial charge in [0.25, 0.3) is 0 Å². The third-order valence-corrected chi connectivity index (χ3v) is 6.25. The summed E-state index contributed by atoms with van der Waals surface area (Å²) in [5.41, 5.74) is -4.57. The molecule has 10 nitrogen and oxygen atoms in total. The van der Waals surface area contributed by atoms with Crippen molar-refractivity contribution in [2.45, 2.75) is 101 Å². The van der Waals surface area contributed by atoms with Gasteiger partial charge in [0, 0.05) is 24.8 Å². The summed E-state index contributed by atoms with van der Waals surface area (Å²) in [6.07, 6.45) is 2.98. The normalized spacial score (nSPS) is 14.0. The average Bonchev–Trinajstić information content (AvgIpc) is 2.65. The van der Waals surface area contributed by atoms with Crippen LogP contribution in [0.2, 0.25) is 4.44 Å². The van der Waals surface area contributed by atoms with E-state index in [1.807, 2.05) is 0 Å². The predicted octanol–water partition coefficient (Wildman–Crippen LogP) is -3.83. The third kappa shape index (κ3) is 19.0. The monoisotopic (exact) mass is 556 g/mol. The van der Waals surface area contributed by atoms with Crippen LogP contribution in [0.5, 0.6) is 0 Å². The number of hydrogen-bond donors (Lipinski definition) is 2. The van der Waals surface area contributed by atoms with Gasteiger partial charge in [-0.3, -0.25) is 0 Å². The first-order chi connectivity index (χ1) is 14.3. The molecule has 0 rings (SSSR count). The van der Waals surface area contributed by atoms with Crippen molar-refractivity contribution in [1.29, 1.82) is 0 Å². The second-order valence-electron chi connectivity index (χ2n) is 7.30. The molecule has 31 heavy (non-hydrogen) atoms. The van der Waals surface area contributed by atoms with E-state index < -0.39 is 47.9 Å². The van der Waals surface area contributed by atoms with Crippen LogP contribution in [0.1, 0.15) is 85.0 Å². The number of carbonyl (C=O) groups is 4. The van der Waals surface area contributed by atoms with Crippen LogP contribution in [0.4, 0.5) is 0 Å². The number of carboxylic acids is 4.